The van der Waals surface area contributed by atoms with E-state index >= 15 is 0 Å². The summed E-state index contributed by atoms with van der Waals surface area (Å²) in [7, 11) is 0. The lowest BCUT2D eigenvalue weighted by molar-refractivity contribution is 0.140. The van der Waals surface area contributed by atoms with Gasteiger partial charge in [-0.25, -0.2) is 0 Å². The summed E-state index contributed by atoms with van der Waals surface area (Å²) in [6, 6.07) is 7.40. The second-order valence-corrected chi connectivity index (χ2v) is 4.74. The fraction of sp³-hybridized carbons (Fsp3) is 0.571. The third kappa shape index (κ3) is 4.94. The van der Waals surface area contributed by atoms with Crippen molar-refractivity contribution in [3.05, 3.63) is 34.9 Å². The monoisotopic (exact) mass is 271 g/mol. The van der Waals surface area contributed by atoms with Crippen LogP contribution in [0.2, 0.25) is 5.02 Å². The molecular formula is C14H22ClNO2. The van der Waals surface area contributed by atoms with Crippen LogP contribution in [0, 0.1) is 0 Å². The van der Waals surface area contributed by atoms with Gasteiger partial charge in [-0.15, -0.1) is 0 Å². The maximum absolute atomic E-state index is 10.1. The second-order valence-electron chi connectivity index (χ2n) is 4.34. The highest BCUT2D eigenvalue weighted by Crippen LogP contribution is 2.24. The molecule has 0 aliphatic heterocycles. The molecule has 1 unspecified atom stereocenters. The number of hydrogen-bond donors (Lipinski definition) is 2. The zero-order valence-corrected chi connectivity index (χ0v) is 11.6. The molecule has 0 fully saturated rings. The molecule has 0 radical (unpaired) electrons. The van der Waals surface area contributed by atoms with E-state index in [9.17, 15) is 5.11 Å². The molecule has 1 aromatic carbocycles. The Hall–Kier alpha value is -0.610. The van der Waals surface area contributed by atoms with E-state index in [0.29, 0.717) is 11.4 Å². The highest BCUT2D eigenvalue weighted by molar-refractivity contribution is 6.31. The summed E-state index contributed by atoms with van der Waals surface area (Å²) >= 11 is 6.05. The third-order valence-corrected chi connectivity index (χ3v) is 3.41. The third-order valence-electron chi connectivity index (χ3n) is 3.06. The second kappa shape index (κ2) is 8.48. The van der Waals surface area contributed by atoms with Gasteiger partial charge in [0.05, 0.1) is 6.10 Å². The molecule has 4 heteroatoms. The first-order valence-corrected chi connectivity index (χ1v) is 6.82. The quantitative estimate of drug-likeness (QED) is 0.763. The highest BCUT2D eigenvalue weighted by atomic mass is 35.5. The van der Waals surface area contributed by atoms with Crippen molar-refractivity contribution in [1.29, 1.82) is 0 Å². The first-order valence-electron chi connectivity index (χ1n) is 6.44. The zero-order valence-electron chi connectivity index (χ0n) is 10.8. The average Bonchev–Trinajstić information content (AvgIpc) is 2.39. The van der Waals surface area contributed by atoms with E-state index in [0.717, 1.165) is 31.6 Å². The first-order chi connectivity index (χ1) is 8.69. The molecule has 0 saturated heterocycles. The summed E-state index contributed by atoms with van der Waals surface area (Å²) < 4.78 is 0. The summed E-state index contributed by atoms with van der Waals surface area (Å²) in [6.45, 7) is 4.89. The van der Waals surface area contributed by atoms with Crippen LogP contribution in [0.25, 0.3) is 0 Å². The molecule has 0 bridgehead atoms. The molecule has 0 aliphatic rings. The van der Waals surface area contributed by atoms with Crippen LogP contribution in [-0.2, 0) is 0 Å². The molecule has 1 atom stereocenters. The Kier molecular flexibility index (Phi) is 7.28. The topological polar surface area (TPSA) is 43.7 Å². The van der Waals surface area contributed by atoms with Gasteiger partial charge >= 0.3 is 0 Å². The predicted octanol–water partition coefficient (Wildman–Crippen LogP) is 2.47. The van der Waals surface area contributed by atoms with Crippen molar-refractivity contribution in [3.63, 3.8) is 0 Å². The highest BCUT2D eigenvalue weighted by Gasteiger charge is 2.12. The van der Waals surface area contributed by atoms with E-state index in [1.165, 1.54) is 0 Å². The summed E-state index contributed by atoms with van der Waals surface area (Å²) in [5.41, 5.74) is 0.789. The Morgan fingerprint density at radius 3 is 2.61 bits per heavy atom. The van der Waals surface area contributed by atoms with Gasteiger partial charge < -0.3 is 15.1 Å². The van der Waals surface area contributed by atoms with Gasteiger partial charge in [0.1, 0.15) is 0 Å². The van der Waals surface area contributed by atoms with Crippen LogP contribution in [0.4, 0.5) is 0 Å². The van der Waals surface area contributed by atoms with Crippen molar-refractivity contribution in [3.8, 4) is 0 Å². The Bertz CT molecular complexity index is 346. The number of halogens is 1. The minimum atomic E-state index is -0.526. The minimum Gasteiger partial charge on any atom is -0.396 e. The minimum absolute atomic E-state index is 0.212. The van der Waals surface area contributed by atoms with Crippen molar-refractivity contribution in [1.82, 2.24) is 4.90 Å². The number of nitrogens with zero attached hydrogens (tertiary/aromatic N) is 1. The summed E-state index contributed by atoms with van der Waals surface area (Å²) in [4.78, 5) is 2.22. The van der Waals surface area contributed by atoms with Gasteiger partial charge in [0.15, 0.2) is 0 Å². The van der Waals surface area contributed by atoms with Crippen LogP contribution in [-0.4, -0.2) is 41.4 Å². The SMILES string of the molecule is CCN(CCCO)CCC(O)c1ccccc1Cl. The molecule has 2 N–H and O–H groups in total. The Morgan fingerprint density at radius 1 is 1.28 bits per heavy atom. The van der Waals surface area contributed by atoms with Crippen molar-refractivity contribution in [2.45, 2.75) is 25.9 Å². The molecule has 18 heavy (non-hydrogen) atoms. The Labute approximate surface area is 114 Å². The molecule has 1 rings (SSSR count). The normalized spacial score (nSPS) is 12.9. The van der Waals surface area contributed by atoms with Crippen LogP contribution in [0.15, 0.2) is 24.3 Å². The van der Waals surface area contributed by atoms with Crippen LogP contribution in [0.5, 0.6) is 0 Å². The van der Waals surface area contributed by atoms with Crippen molar-refractivity contribution >= 4 is 11.6 Å². The van der Waals surface area contributed by atoms with Crippen LogP contribution < -0.4 is 0 Å². The smallest absolute Gasteiger partial charge is 0.0816 e. The van der Waals surface area contributed by atoms with Crippen molar-refractivity contribution < 1.29 is 10.2 Å². The first kappa shape index (κ1) is 15.4. The molecule has 0 saturated carbocycles. The van der Waals surface area contributed by atoms with E-state index in [1.54, 1.807) is 6.07 Å². The number of aliphatic hydroxyl groups is 2. The maximum atomic E-state index is 10.1. The maximum Gasteiger partial charge on any atom is 0.0816 e. The average molecular weight is 272 g/mol. The van der Waals surface area contributed by atoms with Gasteiger partial charge in [-0.2, -0.15) is 0 Å². The largest absolute Gasteiger partial charge is 0.396 e. The van der Waals surface area contributed by atoms with E-state index in [2.05, 4.69) is 11.8 Å². The molecule has 102 valence electrons. The van der Waals surface area contributed by atoms with E-state index in [4.69, 9.17) is 16.7 Å². The summed E-state index contributed by atoms with van der Waals surface area (Å²) in [5, 5.41) is 19.5. The van der Waals surface area contributed by atoms with Crippen molar-refractivity contribution in [2.75, 3.05) is 26.2 Å². The van der Waals surface area contributed by atoms with Crippen LogP contribution in [0.3, 0.4) is 0 Å². The molecule has 3 nitrogen and oxygen atoms in total. The lowest BCUT2D eigenvalue weighted by Crippen LogP contribution is -2.27. The van der Waals surface area contributed by atoms with E-state index in [-0.39, 0.29) is 6.61 Å². The molecule has 1 aromatic rings. The van der Waals surface area contributed by atoms with Gasteiger partial charge in [-0.3, -0.25) is 0 Å². The van der Waals surface area contributed by atoms with Gasteiger partial charge in [0.2, 0.25) is 0 Å². The standard InChI is InChI=1S/C14H22ClNO2/c1-2-16(9-5-11-17)10-8-14(18)12-6-3-4-7-13(12)15/h3-4,6-7,14,17-18H,2,5,8-11H2,1H3. The van der Waals surface area contributed by atoms with Gasteiger partial charge in [0.25, 0.3) is 0 Å². The van der Waals surface area contributed by atoms with Gasteiger partial charge in [0, 0.05) is 24.7 Å². The van der Waals surface area contributed by atoms with E-state index in [1.807, 2.05) is 18.2 Å². The molecule has 0 heterocycles. The zero-order chi connectivity index (χ0) is 13.4. The lowest BCUT2D eigenvalue weighted by atomic mass is 10.1. The summed E-state index contributed by atoms with van der Waals surface area (Å²) in [6.07, 6.45) is 0.904. The summed E-state index contributed by atoms with van der Waals surface area (Å²) in [5.74, 6) is 0. The van der Waals surface area contributed by atoms with Crippen molar-refractivity contribution in [2.24, 2.45) is 0 Å². The Balaban J connectivity index is 2.44. The number of aliphatic hydroxyl groups excluding tert-OH is 2. The molecule has 0 spiro atoms. The fourth-order valence-electron chi connectivity index (χ4n) is 1.93. The fourth-order valence-corrected chi connectivity index (χ4v) is 2.19. The lowest BCUT2D eigenvalue weighted by Gasteiger charge is -2.22. The number of hydrogen-bond acceptors (Lipinski definition) is 3. The van der Waals surface area contributed by atoms with Gasteiger partial charge in [-0.1, -0.05) is 36.7 Å². The van der Waals surface area contributed by atoms with Crippen LogP contribution in [0.1, 0.15) is 31.4 Å². The number of benzene rings is 1. The van der Waals surface area contributed by atoms with Crippen LogP contribution >= 0.6 is 11.6 Å². The molecule has 0 aliphatic carbocycles. The Morgan fingerprint density at radius 2 is 2.00 bits per heavy atom. The number of rotatable bonds is 8. The predicted molar refractivity (Wildman–Crippen MR) is 74.8 cm³/mol. The molecule has 0 aromatic heterocycles. The molecular weight excluding hydrogens is 250 g/mol. The molecule has 0 amide bonds. The van der Waals surface area contributed by atoms with Gasteiger partial charge in [-0.05, 0) is 31.0 Å². The van der Waals surface area contributed by atoms with E-state index < -0.39 is 6.10 Å².